The highest BCUT2D eigenvalue weighted by atomic mass is 32.2. The minimum Gasteiger partial charge on any atom is -0.312 e. The molecule has 0 saturated heterocycles. The first kappa shape index (κ1) is 12.7. The Labute approximate surface area is 117 Å². The normalized spacial score (nSPS) is 19.2. The molecule has 1 aliphatic rings. The van der Waals surface area contributed by atoms with E-state index in [0.717, 1.165) is 12.0 Å². The van der Waals surface area contributed by atoms with Crippen LogP contribution in [-0.2, 0) is 6.42 Å². The van der Waals surface area contributed by atoms with Crippen LogP contribution in [0.4, 0.5) is 4.39 Å². The first-order chi connectivity index (χ1) is 9.28. The van der Waals surface area contributed by atoms with E-state index >= 15 is 0 Å². The van der Waals surface area contributed by atoms with Crippen molar-refractivity contribution in [2.75, 3.05) is 7.05 Å². The van der Waals surface area contributed by atoms with Crippen molar-refractivity contribution in [3.05, 3.63) is 65.5 Å². The highest BCUT2D eigenvalue weighted by molar-refractivity contribution is 8.00. The van der Waals surface area contributed by atoms with E-state index in [9.17, 15) is 4.39 Å². The van der Waals surface area contributed by atoms with E-state index in [0.29, 0.717) is 5.25 Å². The molecule has 3 rings (SSSR count). The van der Waals surface area contributed by atoms with E-state index < -0.39 is 0 Å². The second kappa shape index (κ2) is 5.35. The number of rotatable bonds is 3. The second-order valence-corrected chi connectivity index (χ2v) is 6.07. The molecule has 0 fully saturated rings. The molecule has 0 aromatic heterocycles. The zero-order valence-electron chi connectivity index (χ0n) is 10.8. The highest BCUT2D eigenvalue weighted by Gasteiger charge is 2.29. The summed E-state index contributed by atoms with van der Waals surface area (Å²) in [5.41, 5.74) is 2.56. The van der Waals surface area contributed by atoms with Crippen LogP contribution in [0.5, 0.6) is 0 Å². The van der Waals surface area contributed by atoms with Crippen LogP contribution < -0.4 is 5.32 Å². The fourth-order valence-corrected chi connectivity index (χ4v) is 4.11. The van der Waals surface area contributed by atoms with Crippen LogP contribution >= 0.6 is 11.8 Å². The lowest BCUT2D eigenvalue weighted by molar-refractivity contribution is 0.565. The monoisotopic (exact) mass is 273 g/mol. The van der Waals surface area contributed by atoms with E-state index in [1.165, 1.54) is 22.6 Å². The molecule has 98 valence electrons. The molecular weight excluding hydrogens is 257 g/mol. The molecule has 0 spiro atoms. The van der Waals surface area contributed by atoms with Crippen molar-refractivity contribution in [2.45, 2.75) is 22.6 Å². The topological polar surface area (TPSA) is 12.0 Å². The van der Waals surface area contributed by atoms with Gasteiger partial charge in [-0.3, -0.25) is 0 Å². The van der Waals surface area contributed by atoms with Gasteiger partial charge in [-0.15, -0.1) is 11.8 Å². The molecule has 0 saturated carbocycles. The third-order valence-electron chi connectivity index (χ3n) is 3.58. The van der Waals surface area contributed by atoms with Gasteiger partial charge in [0, 0.05) is 16.2 Å². The molecule has 3 heteroatoms. The number of thioether (sulfide) groups is 1. The van der Waals surface area contributed by atoms with Crippen molar-refractivity contribution in [3.8, 4) is 0 Å². The smallest absolute Gasteiger partial charge is 0.123 e. The van der Waals surface area contributed by atoms with Crippen molar-refractivity contribution in [1.82, 2.24) is 5.32 Å². The van der Waals surface area contributed by atoms with Gasteiger partial charge in [-0.2, -0.15) is 0 Å². The summed E-state index contributed by atoms with van der Waals surface area (Å²) in [4.78, 5) is 1.37. The van der Waals surface area contributed by atoms with Gasteiger partial charge in [0.25, 0.3) is 0 Å². The Morgan fingerprint density at radius 1 is 1.16 bits per heavy atom. The third kappa shape index (κ3) is 2.53. The highest BCUT2D eigenvalue weighted by Crippen LogP contribution is 2.42. The minimum atomic E-state index is -0.180. The number of halogens is 1. The van der Waals surface area contributed by atoms with Crippen LogP contribution in [0.25, 0.3) is 0 Å². The van der Waals surface area contributed by atoms with Crippen LogP contribution in [0.15, 0.2) is 53.4 Å². The molecule has 2 unspecified atom stereocenters. The number of hydrogen-bond donors (Lipinski definition) is 1. The molecule has 1 N–H and O–H groups in total. The van der Waals surface area contributed by atoms with Gasteiger partial charge in [0.1, 0.15) is 5.82 Å². The molecule has 0 amide bonds. The summed E-state index contributed by atoms with van der Waals surface area (Å²) in [6, 6.07) is 15.6. The zero-order valence-corrected chi connectivity index (χ0v) is 11.6. The van der Waals surface area contributed by atoms with Gasteiger partial charge in [-0.1, -0.05) is 30.3 Å². The summed E-state index contributed by atoms with van der Waals surface area (Å²) in [5.74, 6) is -0.180. The van der Waals surface area contributed by atoms with Gasteiger partial charge in [-0.25, -0.2) is 4.39 Å². The molecule has 1 nitrogen and oxygen atoms in total. The molecule has 1 heterocycles. The van der Waals surface area contributed by atoms with Crippen LogP contribution in [0.2, 0.25) is 0 Å². The van der Waals surface area contributed by atoms with Crippen LogP contribution in [0, 0.1) is 5.82 Å². The molecule has 19 heavy (non-hydrogen) atoms. The van der Waals surface area contributed by atoms with E-state index in [-0.39, 0.29) is 11.9 Å². The van der Waals surface area contributed by atoms with E-state index in [4.69, 9.17) is 0 Å². The molecule has 0 bridgehead atoms. The number of hydrogen-bond acceptors (Lipinski definition) is 2. The quantitative estimate of drug-likeness (QED) is 0.913. The fraction of sp³-hybridized carbons (Fsp3) is 0.250. The van der Waals surface area contributed by atoms with Crippen LogP contribution in [-0.4, -0.2) is 12.3 Å². The number of nitrogens with one attached hydrogen (secondary N) is 1. The van der Waals surface area contributed by atoms with Crippen molar-refractivity contribution >= 4 is 11.8 Å². The SMILES string of the molecule is CNC(c1ccc(F)cc1)C1Cc2ccccc2S1. The third-order valence-corrected chi connectivity index (χ3v) is 4.98. The number of fused-ring (bicyclic) bond motifs is 1. The summed E-state index contributed by atoms with van der Waals surface area (Å²) in [6.45, 7) is 0. The van der Waals surface area contributed by atoms with Gasteiger partial charge < -0.3 is 5.32 Å². The maximum atomic E-state index is 13.0. The molecule has 2 aromatic rings. The van der Waals surface area contributed by atoms with Crippen molar-refractivity contribution < 1.29 is 4.39 Å². The second-order valence-electron chi connectivity index (χ2n) is 4.79. The molecule has 2 atom stereocenters. The van der Waals surface area contributed by atoms with E-state index in [1.807, 2.05) is 30.9 Å². The average molecular weight is 273 g/mol. The Bertz CT molecular complexity index is 542. The van der Waals surface area contributed by atoms with Gasteiger partial charge >= 0.3 is 0 Å². The predicted octanol–water partition coefficient (Wildman–Crippen LogP) is 3.80. The van der Waals surface area contributed by atoms with Gasteiger partial charge in [0.2, 0.25) is 0 Å². The molecule has 1 aliphatic heterocycles. The van der Waals surface area contributed by atoms with Crippen LogP contribution in [0.3, 0.4) is 0 Å². The van der Waals surface area contributed by atoms with Gasteiger partial charge in [-0.05, 0) is 42.8 Å². The lowest BCUT2D eigenvalue weighted by Crippen LogP contribution is -2.27. The summed E-state index contributed by atoms with van der Waals surface area (Å²) in [6.07, 6.45) is 1.06. The van der Waals surface area contributed by atoms with Gasteiger partial charge in [0.05, 0.1) is 0 Å². The maximum absolute atomic E-state index is 13.0. The Balaban J connectivity index is 1.83. The van der Waals surface area contributed by atoms with Crippen LogP contribution in [0.1, 0.15) is 17.2 Å². The first-order valence-electron chi connectivity index (χ1n) is 6.45. The van der Waals surface area contributed by atoms with E-state index in [1.54, 1.807) is 0 Å². The zero-order chi connectivity index (χ0) is 13.2. The summed E-state index contributed by atoms with van der Waals surface area (Å²) in [7, 11) is 1.97. The largest absolute Gasteiger partial charge is 0.312 e. The molecular formula is C16H16FNS. The van der Waals surface area contributed by atoms with Crippen molar-refractivity contribution in [2.24, 2.45) is 0 Å². The molecule has 2 aromatic carbocycles. The molecule has 0 radical (unpaired) electrons. The van der Waals surface area contributed by atoms with E-state index in [2.05, 4.69) is 29.6 Å². The Morgan fingerprint density at radius 3 is 2.58 bits per heavy atom. The fourth-order valence-electron chi connectivity index (χ4n) is 2.63. The average Bonchev–Trinajstić information content (AvgIpc) is 2.85. The summed E-state index contributed by atoms with van der Waals surface area (Å²) < 4.78 is 13.0. The van der Waals surface area contributed by atoms with Crippen molar-refractivity contribution in [1.29, 1.82) is 0 Å². The first-order valence-corrected chi connectivity index (χ1v) is 7.33. The summed E-state index contributed by atoms with van der Waals surface area (Å²) >= 11 is 1.91. The predicted molar refractivity (Wildman–Crippen MR) is 78.0 cm³/mol. The molecule has 0 aliphatic carbocycles. The Morgan fingerprint density at radius 2 is 1.89 bits per heavy atom. The minimum absolute atomic E-state index is 0.180. The van der Waals surface area contributed by atoms with Crippen molar-refractivity contribution in [3.63, 3.8) is 0 Å². The standard InChI is InChI=1S/C16H16FNS/c1-18-16(11-6-8-13(17)9-7-11)15-10-12-4-2-3-5-14(12)19-15/h2-9,15-16,18H,10H2,1H3. The maximum Gasteiger partial charge on any atom is 0.123 e. The lowest BCUT2D eigenvalue weighted by Gasteiger charge is -2.22. The van der Waals surface area contributed by atoms with Gasteiger partial charge in [0.15, 0.2) is 0 Å². The lowest BCUT2D eigenvalue weighted by atomic mass is 9.99. The Hall–Kier alpha value is -1.32. The summed E-state index contributed by atoms with van der Waals surface area (Å²) in [5, 5.41) is 3.84. The Kier molecular flexibility index (Phi) is 3.58. The number of benzene rings is 2.